The van der Waals surface area contributed by atoms with Gasteiger partial charge in [-0.15, -0.1) is 0 Å². The van der Waals surface area contributed by atoms with Gasteiger partial charge in [-0.2, -0.15) is 0 Å². The molecule has 4 nitrogen and oxygen atoms in total. The molecule has 69 heavy (non-hydrogen) atoms. The van der Waals surface area contributed by atoms with Gasteiger partial charge in [-0.05, 0) is 98.5 Å². The van der Waals surface area contributed by atoms with Crippen molar-refractivity contribution in [3.8, 4) is 44.5 Å². The minimum Gasteiger partial charge on any atom is -0.289 e. The van der Waals surface area contributed by atoms with Gasteiger partial charge in [0, 0.05) is 44.5 Å². The molecule has 10 aromatic rings. The van der Waals surface area contributed by atoms with Crippen molar-refractivity contribution < 1.29 is 19.2 Å². The van der Waals surface area contributed by atoms with Crippen molar-refractivity contribution in [2.45, 2.75) is 6.42 Å². The van der Waals surface area contributed by atoms with E-state index >= 15 is 0 Å². The highest BCUT2D eigenvalue weighted by molar-refractivity contribution is 6.15. The smallest absolute Gasteiger partial charge is 0.193 e. The molecule has 0 radical (unpaired) electrons. The van der Waals surface area contributed by atoms with Crippen LogP contribution in [0.5, 0.6) is 0 Å². The Hall–Kier alpha value is -9.12. The van der Waals surface area contributed by atoms with E-state index in [0.29, 0.717) is 55.6 Å². The van der Waals surface area contributed by atoms with E-state index in [-0.39, 0.29) is 29.6 Å². The average molecular weight is 889 g/mol. The lowest BCUT2D eigenvalue weighted by molar-refractivity contribution is 0.102. The Kier molecular flexibility index (Phi) is 12.5. The second kappa shape index (κ2) is 19.8. The van der Waals surface area contributed by atoms with E-state index < -0.39 is 0 Å². The van der Waals surface area contributed by atoms with Crippen LogP contribution >= 0.6 is 0 Å². The maximum atomic E-state index is 14.4. The molecule has 0 aliphatic heterocycles. The molecule has 0 aromatic heterocycles. The molecule has 4 heteroatoms. The maximum Gasteiger partial charge on any atom is 0.193 e. The van der Waals surface area contributed by atoms with Gasteiger partial charge in [0.2, 0.25) is 0 Å². The predicted molar refractivity (Wildman–Crippen MR) is 277 cm³/mol. The van der Waals surface area contributed by atoms with Crippen LogP contribution in [-0.2, 0) is 6.42 Å². The molecular weight excluding hydrogens is 845 g/mol. The Labute approximate surface area is 401 Å². The van der Waals surface area contributed by atoms with Gasteiger partial charge in [0.15, 0.2) is 23.1 Å². The van der Waals surface area contributed by atoms with Crippen molar-refractivity contribution in [1.82, 2.24) is 0 Å². The number of rotatable bonds is 14. The van der Waals surface area contributed by atoms with Gasteiger partial charge in [-0.25, -0.2) is 0 Å². The summed E-state index contributed by atoms with van der Waals surface area (Å²) in [5.41, 5.74) is 12.8. The van der Waals surface area contributed by atoms with Crippen LogP contribution < -0.4 is 0 Å². The normalized spacial score (nSPS) is 10.9. The molecule has 0 fully saturated rings. The van der Waals surface area contributed by atoms with Crippen LogP contribution in [0.4, 0.5) is 0 Å². The fourth-order valence-electron chi connectivity index (χ4n) is 8.79. The molecule has 0 unspecified atom stereocenters. The van der Waals surface area contributed by atoms with Gasteiger partial charge in [-0.1, -0.05) is 218 Å². The van der Waals surface area contributed by atoms with E-state index in [1.54, 1.807) is 12.1 Å². The number of carbonyl (C=O) groups is 4. The Morgan fingerprint density at radius 3 is 0.594 bits per heavy atom. The Morgan fingerprint density at radius 2 is 0.391 bits per heavy atom. The number of benzene rings is 10. The summed E-state index contributed by atoms with van der Waals surface area (Å²) in [5.74, 6) is -0.935. The van der Waals surface area contributed by atoms with Crippen molar-refractivity contribution in [3.05, 3.63) is 310 Å². The highest BCUT2D eigenvalue weighted by Gasteiger charge is 2.20. The summed E-state index contributed by atoms with van der Waals surface area (Å²) in [4.78, 5) is 57.8. The summed E-state index contributed by atoms with van der Waals surface area (Å²) < 4.78 is 0. The minimum absolute atomic E-state index is 0.225. The van der Waals surface area contributed by atoms with E-state index in [9.17, 15) is 19.2 Å². The summed E-state index contributed by atoms with van der Waals surface area (Å²) in [6.45, 7) is 0. The van der Waals surface area contributed by atoms with Gasteiger partial charge in [0.05, 0.1) is 0 Å². The van der Waals surface area contributed by atoms with Crippen LogP contribution in [0.25, 0.3) is 44.5 Å². The van der Waals surface area contributed by atoms with E-state index in [0.717, 1.165) is 44.5 Å². The monoisotopic (exact) mass is 888 g/mol. The summed E-state index contributed by atoms with van der Waals surface area (Å²) in [6, 6.07) is 80.4. The van der Waals surface area contributed by atoms with Crippen molar-refractivity contribution in [1.29, 1.82) is 0 Å². The molecule has 0 saturated carbocycles. The zero-order chi connectivity index (χ0) is 47.1. The van der Waals surface area contributed by atoms with Gasteiger partial charge < -0.3 is 0 Å². The molecule has 328 valence electrons. The van der Waals surface area contributed by atoms with Crippen LogP contribution in [-0.4, -0.2) is 23.1 Å². The quantitative estimate of drug-likeness (QED) is 0.102. The molecule has 10 rings (SSSR count). The first kappa shape index (κ1) is 43.8. The van der Waals surface area contributed by atoms with Crippen LogP contribution in [0.1, 0.15) is 74.8 Å². The van der Waals surface area contributed by atoms with Gasteiger partial charge in [0.25, 0.3) is 0 Å². The molecule has 0 bridgehead atoms. The molecule has 0 atom stereocenters. The van der Waals surface area contributed by atoms with Crippen LogP contribution in [0, 0.1) is 0 Å². The number of ketones is 4. The molecule has 0 heterocycles. The van der Waals surface area contributed by atoms with Crippen molar-refractivity contribution in [3.63, 3.8) is 0 Å². The second-order valence-electron chi connectivity index (χ2n) is 17.1. The molecule has 0 spiro atoms. The van der Waals surface area contributed by atoms with Crippen molar-refractivity contribution in [2.75, 3.05) is 0 Å². The van der Waals surface area contributed by atoms with E-state index in [1.807, 2.05) is 243 Å². The summed E-state index contributed by atoms with van der Waals surface area (Å²) in [5, 5.41) is 0. The van der Waals surface area contributed by atoms with Crippen LogP contribution in [0.15, 0.2) is 255 Å². The molecule has 0 aliphatic rings. The predicted octanol–water partition coefficient (Wildman–Crippen LogP) is 14.9. The minimum atomic E-state index is -0.234. The van der Waals surface area contributed by atoms with Crippen molar-refractivity contribution in [2.24, 2.45) is 0 Å². The fourth-order valence-corrected chi connectivity index (χ4v) is 8.79. The number of carbonyl (C=O) groups excluding carboxylic acids is 4. The third kappa shape index (κ3) is 9.88. The maximum absolute atomic E-state index is 14.4. The Balaban J connectivity index is 1.03. The Morgan fingerprint density at radius 1 is 0.203 bits per heavy atom. The molecule has 0 aliphatic carbocycles. The summed E-state index contributed by atoms with van der Waals surface area (Å²) in [7, 11) is 0. The fraction of sp³-hybridized carbons (Fsp3) is 0.0154. The SMILES string of the molecule is O=C(c1ccc(-c2ccccc2)cc1)c1cc(Cc2cc(C(=O)c3ccc(-c4ccccc4)cc3)cc(C(=O)c3ccc(-c4ccccc4)cc3)c2)cc(C(=O)c2ccc(-c3ccccc3)cc2)c1. The largest absolute Gasteiger partial charge is 0.289 e. The summed E-state index contributed by atoms with van der Waals surface area (Å²) >= 11 is 0. The molecule has 0 saturated heterocycles. The molecule has 0 amide bonds. The van der Waals surface area contributed by atoms with Crippen LogP contribution in [0.2, 0.25) is 0 Å². The lowest BCUT2D eigenvalue weighted by Gasteiger charge is -2.13. The Bertz CT molecular complexity index is 2990. The topological polar surface area (TPSA) is 68.3 Å². The zero-order valence-electron chi connectivity index (χ0n) is 37.6. The average Bonchev–Trinajstić information content (AvgIpc) is 3.43. The van der Waals surface area contributed by atoms with Crippen molar-refractivity contribution >= 4 is 23.1 Å². The van der Waals surface area contributed by atoms with E-state index in [1.165, 1.54) is 0 Å². The zero-order valence-corrected chi connectivity index (χ0v) is 37.6. The third-order valence-corrected chi connectivity index (χ3v) is 12.5. The first-order valence-corrected chi connectivity index (χ1v) is 22.9. The van der Waals surface area contributed by atoms with Crippen LogP contribution in [0.3, 0.4) is 0 Å². The van der Waals surface area contributed by atoms with Gasteiger partial charge >= 0.3 is 0 Å². The van der Waals surface area contributed by atoms with E-state index in [2.05, 4.69) is 0 Å². The summed E-state index contributed by atoms with van der Waals surface area (Å²) in [6.07, 6.45) is 0.225. The highest BCUT2D eigenvalue weighted by Crippen LogP contribution is 2.28. The molecular formula is C65H44O4. The first-order chi connectivity index (χ1) is 33.8. The van der Waals surface area contributed by atoms with Gasteiger partial charge in [-0.3, -0.25) is 19.2 Å². The van der Waals surface area contributed by atoms with E-state index in [4.69, 9.17) is 0 Å². The third-order valence-electron chi connectivity index (χ3n) is 12.5. The second-order valence-corrected chi connectivity index (χ2v) is 17.1. The number of hydrogen-bond donors (Lipinski definition) is 0. The lowest BCUT2D eigenvalue weighted by Crippen LogP contribution is -2.10. The first-order valence-electron chi connectivity index (χ1n) is 22.9. The molecule has 0 N–H and O–H groups in total. The molecule has 10 aromatic carbocycles. The lowest BCUT2D eigenvalue weighted by atomic mass is 9.89. The highest BCUT2D eigenvalue weighted by atomic mass is 16.1. The van der Waals surface area contributed by atoms with Gasteiger partial charge in [0.1, 0.15) is 0 Å². The standard InChI is InChI=1S/C65H44O4/c66-62(54-29-21-50(22-30-54)46-13-5-1-6-14-46)58-38-44(39-59(42-58)63(67)55-31-23-51(24-32-55)47-15-7-2-8-16-47)37-45-40-60(64(68)56-33-25-52(26-34-56)48-17-9-3-10-18-48)43-61(41-45)65(69)57-35-27-53(28-36-57)49-19-11-4-12-20-49/h1-36,38-43H,37H2. The number of hydrogen-bond acceptors (Lipinski definition) is 4.